The molecule has 228 valence electrons. The average molecular weight is 643 g/mol. The van der Waals surface area contributed by atoms with E-state index >= 15 is 0 Å². The first-order valence-electron chi connectivity index (χ1n) is 16.5. The summed E-state index contributed by atoms with van der Waals surface area (Å²) in [5.41, 5.74) is 9.81. The fourth-order valence-corrected chi connectivity index (χ4v) is 8.81. The zero-order chi connectivity index (χ0) is 32.1. The number of para-hydroxylation sites is 1. The first kappa shape index (κ1) is 26.8. The minimum absolute atomic E-state index is 0.891. The average Bonchev–Trinajstić information content (AvgIpc) is 3.86. The summed E-state index contributed by atoms with van der Waals surface area (Å²) in [5, 5.41) is 10.8. The number of nitrogens with zero attached hydrogens (tertiary/aromatic N) is 2. The Balaban J connectivity index is 1.03. The Labute approximate surface area is 284 Å². The third-order valence-electron chi connectivity index (χ3n) is 10.0. The molecule has 3 heterocycles. The van der Waals surface area contributed by atoms with Gasteiger partial charge in [-0.05, 0) is 99.4 Å². The maximum absolute atomic E-state index is 6.37. The van der Waals surface area contributed by atoms with Crippen LogP contribution in [0, 0.1) is 0 Å². The molecule has 0 aliphatic rings. The fourth-order valence-electron chi connectivity index (χ4n) is 7.69. The second-order valence-corrected chi connectivity index (χ2v) is 13.8. The molecule has 0 unspecified atom stereocenters. The second kappa shape index (κ2) is 10.1. The Morgan fingerprint density at radius 1 is 0.469 bits per heavy atom. The van der Waals surface area contributed by atoms with Crippen molar-refractivity contribution in [3.8, 4) is 27.4 Å². The normalized spacial score (nSPS) is 12.1. The molecule has 0 fully saturated rings. The summed E-state index contributed by atoms with van der Waals surface area (Å²) >= 11 is 1.73. The van der Waals surface area contributed by atoms with Crippen molar-refractivity contribution in [2.45, 2.75) is 0 Å². The van der Waals surface area contributed by atoms with Gasteiger partial charge in [0.1, 0.15) is 16.2 Å². The zero-order valence-corrected chi connectivity index (χ0v) is 27.0. The Kier molecular flexibility index (Phi) is 5.54. The number of rotatable bonds is 3. The molecule has 0 spiro atoms. The molecule has 0 amide bonds. The van der Waals surface area contributed by atoms with E-state index in [1.165, 1.54) is 54.5 Å². The Morgan fingerprint density at radius 3 is 2.06 bits per heavy atom. The first-order valence-corrected chi connectivity index (χ1v) is 17.4. The van der Waals surface area contributed by atoms with Crippen LogP contribution in [-0.2, 0) is 0 Å². The molecule has 4 heteroatoms. The van der Waals surface area contributed by atoms with E-state index in [4.69, 9.17) is 9.40 Å². The molecule has 8 aromatic carbocycles. The molecule has 0 saturated carbocycles. The van der Waals surface area contributed by atoms with E-state index in [1.54, 1.807) is 11.3 Å². The molecule has 0 saturated heterocycles. The van der Waals surface area contributed by atoms with Crippen LogP contribution in [0.25, 0.3) is 103 Å². The number of aromatic nitrogens is 2. The smallest absolute Gasteiger partial charge is 0.137 e. The monoisotopic (exact) mass is 642 g/mol. The van der Waals surface area contributed by atoms with Gasteiger partial charge in [-0.2, -0.15) is 0 Å². The number of furan rings is 1. The van der Waals surface area contributed by atoms with Crippen LogP contribution in [-0.4, -0.2) is 9.55 Å². The van der Waals surface area contributed by atoms with E-state index in [2.05, 4.69) is 162 Å². The van der Waals surface area contributed by atoms with Gasteiger partial charge in [-0.25, -0.2) is 4.98 Å². The highest BCUT2D eigenvalue weighted by atomic mass is 32.1. The Bertz CT molecular complexity index is 3110. The van der Waals surface area contributed by atoms with Crippen molar-refractivity contribution in [2.24, 2.45) is 0 Å². The first-order chi connectivity index (χ1) is 24.3. The van der Waals surface area contributed by atoms with Crippen LogP contribution in [0.5, 0.6) is 0 Å². The van der Waals surface area contributed by atoms with E-state index in [0.717, 1.165) is 48.4 Å². The number of hydrogen-bond donors (Lipinski definition) is 0. The molecule has 0 bridgehead atoms. The number of fused-ring (bicyclic) bond motifs is 11. The summed E-state index contributed by atoms with van der Waals surface area (Å²) in [6.07, 6.45) is 0. The summed E-state index contributed by atoms with van der Waals surface area (Å²) in [5.74, 6) is 0. The predicted molar refractivity (Wildman–Crippen MR) is 207 cm³/mol. The number of benzene rings is 8. The standard InChI is InChI=1S/C45H26N2OS/c1-2-9-30-25-31(14-13-27(30)7-1)32-18-23-40-36(26-32)43-41(48-40)24-21-37-44(43)49-45(46-37)29-15-19-33(20-16-29)47-38-12-6-5-11-35(38)42-34-10-4-3-8-28(34)17-22-39(42)47/h1-26H. The maximum atomic E-state index is 6.37. The molecule has 11 aromatic rings. The summed E-state index contributed by atoms with van der Waals surface area (Å²) in [4.78, 5) is 5.13. The van der Waals surface area contributed by atoms with Gasteiger partial charge >= 0.3 is 0 Å². The summed E-state index contributed by atoms with van der Waals surface area (Å²) in [6, 6.07) is 56.6. The van der Waals surface area contributed by atoms with Crippen molar-refractivity contribution in [2.75, 3.05) is 0 Å². The van der Waals surface area contributed by atoms with Crippen molar-refractivity contribution >= 4 is 86.8 Å². The molecule has 3 nitrogen and oxygen atoms in total. The van der Waals surface area contributed by atoms with Crippen LogP contribution in [0.3, 0.4) is 0 Å². The highest BCUT2D eigenvalue weighted by Crippen LogP contribution is 2.42. The minimum Gasteiger partial charge on any atom is -0.456 e. The topological polar surface area (TPSA) is 31.0 Å². The van der Waals surface area contributed by atoms with Gasteiger partial charge in [-0.1, -0.05) is 91.0 Å². The highest BCUT2D eigenvalue weighted by molar-refractivity contribution is 7.22. The molecule has 0 N–H and O–H groups in total. The van der Waals surface area contributed by atoms with Gasteiger partial charge in [0.15, 0.2) is 0 Å². The molecule has 0 radical (unpaired) electrons. The lowest BCUT2D eigenvalue weighted by molar-refractivity contribution is 0.669. The van der Waals surface area contributed by atoms with E-state index in [1.807, 2.05) is 0 Å². The Hall–Kier alpha value is -6.23. The van der Waals surface area contributed by atoms with Gasteiger partial charge < -0.3 is 8.98 Å². The van der Waals surface area contributed by atoms with E-state index in [0.29, 0.717) is 0 Å². The fraction of sp³-hybridized carbons (Fsp3) is 0. The van der Waals surface area contributed by atoms with Gasteiger partial charge in [0.2, 0.25) is 0 Å². The maximum Gasteiger partial charge on any atom is 0.137 e. The predicted octanol–water partition coefficient (Wildman–Crippen LogP) is 12.9. The van der Waals surface area contributed by atoms with Gasteiger partial charge in [-0.3, -0.25) is 0 Å². The summed E-state index contributed by atoms with van der Waals surface area (Å²) in [7, 11) is 0. The molecule has 3 aromatic heterocycles. The largest absolute Gasteiger partial charge is 0.456 e. The number of hydrogen-bond acceptors (Lipinski definition) is 3. The van der Waals surface area contributed by atoms with Gasteiger partial charge in [0, 0.05) is 32.8 Å². The highest BCUT2D eigenvalue weighted by Gasteiger charge is 2.18. The number of thiazole rings is 1. The molecule has 49 heavy (non-hydrogen) atoms. The SMILES string of the molecule is c1ccc2cc(-c3ccc4oc5ccc6nc(-c7ccc(-n8c9ccccc9c9c%10ccccc%10ccc98)cc7)sc6c5c4c3)ccc2c1. The molecule has 0 aliphatic heterocycles. The quantitative estimate of drug-likeness (QED) is 0.192. The molecular weight excluding hydrogens is 617 g/mol. The lowest BCUT2D eigenvalue weighted by atomic mass is 9.99. The third kappa shape index (κ3) is 3.98. The summed E-state index contributed by atoms with van der Waals surface area (Å²) < 4.78 is 9.90. The van der Waals surface area contributed by atoms with Gasteiger partial charge in [0.05, 0.1) is 21.3 Å². The van der Waals surface area contributed by atoms with E-state index in [9.17, 15) is 0 Å². The van der Waals surface area contributed by atoms with Crippen LogP contribution >= 0.6 is 11.3 Å². The molecule has 11 rings (SSSR count). The van der Waals surface area contributed by atoms with Crippen LogP contribution in [0.15, 0.2) is 162 Å². The van der Waals surface area contributed by atoms with Gasteiger partial charge in [-0.15, -0.1) is 11.3 Å². The second-order valence-electron chi connectivity index (χ2n) is 12.8. The van der Waals surface area contributed by atoms with Crippen molar-refractivity contribution in [3.05, 3.63) is 158 Å². The van der Waals surface area contributed by atoms with Crippen LogP contribution in [0.2, 0.25) is 0 Å². The van der Waals surface area contributed by atoms with E-state index in [-0.39, 0.29) is 0 Å². The van der Waals surface area contributed by atoms with Crippen molar-refractivity contribution in [3.63, 3.8) is 0 Å². The van der Waals surface area contributed by atoms with Crippen molar-refractivity contribution < 1.29 is 4.42 Å². The third-order valence-corrected chi connectivity index (χ3v) is 11.1. The van der Waals surface area contributed by atoms with Gasteiger partial charge in [0.25, 0.3) is 0 Å². The molecule has 0 aliphatic carbocycles. The zero-order valence-electron chi connectivity index (χ0n) is 26.2. The Morgan fingerprint density at radius 2 is 1.16 bits per heavy atom. The van der Waals surface area contributed by atoms with Crippen LogP contribution in [0.4, 0.5) is 0 Å². The van der Waals surface area contributed by atoms with Crippen molar-refractivity contribution in [1.29, 1.82) is 0 Å². The molecule has 0 atom stereocenters. The van der Waals surface area contributed by atoms with E-state index < -0.39 is 0 Å². The summed E-state index contributed by atoms with van der Waals surface area (Å²) in [6.45, 7) is 0. The molecular formula is C45H26N2OS. The minimum atomic E-state index is 0.891. The lowest BCUT2D eigenvalue weighted by Gasteiger charge is -2.09. The van der Waals surface area contributed by atoms with Crippen LogP contribution < -0.4 is 0 Å². The lowest BCUT2D eigenvalue weighted by Crippen LogP contribution is -1.93. The van der Waals surface area contributed by atoms with Crippen molar-refractivity contribution in [1.82, 2.24) is 9.55 Å². The van der Waals surface area contributed by atoms with Crippen LogP contribution in [0.1, 0.15) is 0 Å².